The average molecular weight is 326 g/mol. The van der Waals surface area contributed by atoms with Crippen molar-refractivity contribution >= 4 is 0 Å². The van der Waals surface area contributed by atoms with Crippen molar-refractivity contribution in [1.29, 1.82) is 5.26 Å². The van der Waals surface area contributed by atoms with Crippen molar-refractivity contribution < 1.29 is 17.9 Å². The third-order valence-corrected chi connectivity index (χ3v) is 3.00. The molecule has 0 saturated carbocycles. The molecule has 0 saturated heterocycles. The summed E-state index contributed by atoms with van der Waals surface area (Å²) < 4.78 is 43.3. The van der Waals surface area contributed by atoms with Gasteiger partial charge in [-0.15, -0.1) is 0 Å². The second kappa shape index (κ2) is 5.53. The predicted molar refractivity (Wildman–Crippen MR) is 72.7 cm³/mol. The number of methoxy groups -OCH3 is 1. The van der Waals surface area contributed by atoms with Crippen LogP contribution in [0.3, 0.4) is 0 Å². The Balaban J connectivity index is 2.89. The van der Waals surface area contributed by atoms with Crippen LogP contribution in [-0.2, 0) is 6.18 Å². The molecule has 10 heteroatoms. The van der Waals surface area contributed by atoms with E-state index in [1.807, 2.05) is 0 Å². The Kier molecular flexibility index (Phi) is 3.88. The van der Waals surface area contributed by atoms with Crippen molar-refractivity contribution in [2.75, 3.05) is 13.0 Å². The van der Waals surface area contributed by atoms with Crippen LogP contribution in [0, 0.1) is 11.3 Å². The number of hydrogen-bond donors (Lipinski definition) is 1. The Morgan fingerprint density at radius 3 is 2.48 bits per heavy atom. The molecule has 0 spiro atoms. The number of halogens is 3. The normalized spacial score (nSPS) is 11.1. The molecule has 0 fully saturated rings. The topological polar surface area (TPSA) is 103 Å². The fourth-order valence-corrected chi connectivity index (χ4v) is 1.98. The maximum Gasteiger partial charge on any atom is 0.433 e. The van der Waals surface area contributed by atoms with Crippen molar-refractivity contribution in [3.05, 3.63) is 56.4 Å². The first-order valence-corrected chi connectivity index (χ1v) is 6.01. The lowest BCUT2D eigenvalue weighted by molar-refractivity contribution is -0.143. The van der Waals surface area contributed by atoms with E-state index in [4.69, 9.17) is 15.8 Å². The molecule has 0 aliphatic heterocycles. The van der Waals surface area contributed by atoms with E-state index in [1.165, 1.54) is 25.3 Å². The third kappa shape index (κ3) is 2.64. The van der Waals surface area contributed by atoms with E-state index >= 15 is 0 Å². The van der Waals surface area contributed by atoms with E-state index in [0.29, 0.717) is 4.57 Å². The molecular formula is C13H9F3N4O3. The van der Waals surface area contributed by atoms with Gasteiger partial charge in [-0.2, -0.15) is 18.4 Å². The summed E-state index contributed by atoms with van der Waals surface area (Å²) >= 11 is 0. The maximum atomic E-state index is 12.7. The first-order chi connectivity index (χ1) is 10.7. The highest BCUT2D eigenvalue weighted by Crippen LogP contribution is 2.27. The van der Waals surface area contributed by atoms with Crippen LogP contribution in [0.5, 0.6) is 5.75 Å². The summed E-state index contributed by atoms with van der Waals surface area (Å²) in [6.45, 7) is 0. The Morgan fingerprint density at radius 1 is 1.30 bits per heavy atom. The van der Waals surface area contributed by atoms with Crippen molar-refractivity contribution in [3.63, 3.8) is 0 Å². The van der Waals surface area contributed by atoms with Gasteiger partial charge in [-0.1, -0.05) is 6.07 Å². The van der Waals surface area contributed by atoms with Gasteiger partial charge >= 0.3 is 11.9 Å². The average Bonchev–Trinajstić information content (AvgIpc) is 2.49. The molecule has 2 N–H and O–H groups in total. The zero-order valence-corrected chi connectivity index (χ0v) is 11.6. The molecule has 0 radical (unpaired) electrons. The molecular weight excluding hydrogens is 317 g/mol. The van der Waals surface area contributed by atoms with Gasteiger partial charge in [0.25, 0.3) is 5.56 Å². The van der Waals surface area contributed by atoms with E-state index in [1.54, 1.807) is 6.07 Å². The summed E-state index contributed by atoms with van der Waals surface area (Å²) in [6, 6.07) is 5.91. The zero-order chi connectivity index (χ0) is 17.4. The van der Waals surface area contributed by atoms with Gasteiger partial charge in [0.15, 0.2) is 5.69 Å². The number of nitrogen functional groups attached to an aromatic ring is 1. The van der Waals surface area contributed by atoms with Crippen LogP contribution in [-0.4, -0.2) is 16.4 Å². The Hall–Kier alpha value is -3.22. The third-order valence-electron chi connectivity index (χ3n) is 3.00. The van der Waals surface area contributed by atoms with E-state index < -0.39 is 23.1 Å². The molecule has 0 unspecified atom stereocenters. The Bertz CT molecular complexity index is 922. The van der Waals surface area contributed by atoms with Gasteiger partial charge in [0.05, 0.1) is 12.8 Å². The fourth-order valence-electron chi connectivity index (χ4n) is 1.98. The molecule has 2 aromatic rings. The summed E-state index contributed by atoms with van der Waals surface area (Å²) in [5.74, 6) is 5.20. The number of nitrogens with zero attached hydrogens (tertiary/aromatic N) is 3. The van der Waals surface area contributed by atoms with Crippen LogP contribution in [0.15, 0.2) is 33.9 Å². The van der Waals surface area contributed by atoms with Crippen LogP contribution in [0.2, 0.25) is 0 Å². The fraction of sp³-hybridized carbons (Fsp3) is 0.154. The van der Waals surface area contributed by atoms with Crippen molar-refractivity contribution in [3.8, 4) is 17.5 Å². The van der Waals surface area contributed by atoms with Gasteiger partial charge in [0, 0.05) is 6.07 Å². The molecule has 0 amide bonds. The van der Waals surface area contributed by atoms with Crippen LogP contribution < -0.4 is 21.8 Å². The Morgan fingerprint density at radius 2 is 1.96 bits per heavy atom. The standard InChI is InChI=1S/C13H9F3N4O3/c1-23-9-4-2-3-8(7(9)6-17)19-11(21)5-10(13(14,15)16)20(18)12(19)22/h2-5H,18H2,1H3. The molecule has 2 rings (SSSR count). The van der Waals surface area contributed by atoms with Crippen LogP contribution in [0.25, 0.3) is 5.69 Å². The lowest BCUT2D eigenvalue weighted by atomic mass is 10.1. The molecule has 1 heterocycles. The van der Waals surface area contributed by atoms with Crippen molar-refractivity contribution in [2.45, 2.75) is 6.18 Å². The number of aromatic nitrogens is 2. The summed E-state index contributed by atoms with van der Waals surface area (Å²) in [4.78, 5) is 24.0. The molecule has 0 aliphatic carbocycles. The number of nitrogens with two attached hydrogens (primary N) is 1. The number of ether oxygens (including phenoxy) is 1. The Labute approximate surface area is 126 Å². The SMILES string of the molecule is COc1cccc(-n2c(=O)cc(C(F)(F)F)n(N)c2=O)c1C#N. The lowest BCUT2D eigenvalue weighted by Gasteiger charge is -2.14. The predicted octanol–water partition coefficient (Wildman–Crippen LogP) is 0.612. The first-order valence-electron chi connectivity index (χ1n) is 6.01. The van der Waals surface area contributed by atoms with Crippen molar-refractivity contribution in [2.24, 2.45) is 0 Å². The summed E-state index contributed by atoms with van der Waals surface area (Å²) in [5, 5.41) is 9.16. The van der Waals surface area contributed by atoms with Gasteiger partial charge in [-0.05, 0) is 12.1 Å². The lowest BCUT2D eigenvalue weighted by Crippen LogP contribution is -2.45. The highest BCUT2D eigenvalue weighted by molar-refractivity contribution is 5.56. The highest BCUT2D eigenvalue weighted by atomic mass is 19.4. The summed E-state index contributed by atoms with van der Waals surface area (Å²) in [7, 11) is 1.26. The molecule has 1 aromatic carbocycles. The molecule has 0 bridgehead atoms. The molecule has 23 heavy (non-hydrogen) atoms. The monoisotopic (exact) mass is 326 g/mol. The van der Waals surface area contributed by atoms with Gasteiger partial charge in [0.2, 0.25) is 0 Å². The molecule has 1 aromatic heterocycles. The summed E-state index contributed by atoms with van der Waals surface area (Å²) in [6.07, 6.45) is -4.97. The van der Waals surface area contributed by atoms with E-state index in [0.717, 1.165) is 0 Å². The van der Waals surface area contributed by atoms with Gasteiger partial charge in [-0.25, -0.2) is 14.0 Å². The van der Waals surface area contributed by atoms with Gasteiger partial charge < -0.3 is 10.6 Å². The first kappa shape index (κ1) is 16.2. The molecule has 120 valence electrons. The molecule has 7 nitrogen and oxygen atoms in total. The highest BCUT2D eigenvalue weighted by Gasteiger charge is 2.36. The van der Waals surface area contributed by atoms with Crippen molar-refractivity contribution in [1.82, 2.24) is 9.24 Å². The number of rotatable bonds is 2. The quantitative estimate of drug-likeness (QED) is 0.815. The molecule has 0 atom stereocenters. The van der Waals surface area contributed by atoms with Gasteiger partial charge in [0.1, 0.15) is 17.4 Å². The van der Waals surface area contributed by atoms with Gasteiger partial charge in [-0.3, -0.25) is 4.79 Å². The minimum absolute atomic E-state index is 0.0553. The maximum absolute atomic E-state index is 12.7. The minimum atomic E-state index is -4.97. The number of benzene rings is 1. The van der Waals surface area contributed by atoms with Crippen LogP contribution >= 0.6 is 0 Å². The number of nitriles is 1. The smallest absolute Gasteiger partial charge is 0.433 e. The second-order valence-electron chi connectivity index (χ2n) is 4.32. The van der Waals surface area contributed by atoms with Crippen LogP contribution in [0.4, 0.5) is 13.2 Å². The second-order valence-corrected chi connectivity index (χ2v) is 4.32. The number of alkyl halides is 3. The largest absolute Gasteiger partial charge is 0.495 e. The van der Waals surface area contributed by atoms with E-state index in [-0.39, 0.29) is 27.7 Å². The van der Waals surface area contributed by atoms with E-state index in [9.17, 15) is 22.8 Å². The van der Waals surface area contributed by atoms with Crippen LogP contribution in [0.1, 0.15) is 11.3 Å². The minimum Gasteiger partial charge on any atom is -0.495 e. The van der Waals surface area contributed by atoms with E-state index in [2.05, 4.69) is 0 Å². The summed E-state index contributed by atoms with van der Waals surface area (Å²) in [5.41, 5.74) is -4.71. The zero-order valence-electron chi connectivity index (χ0n) is 11.6. The number of hydrogen-bond acceptors (Lipinski definition) is 5. The molecule has 0 aliphatic rings.